The molecule has 0 aliphatic carbocycles. The van der Waals surface area contributed by atoms with Crippen LogP contribution < -0.4 is 16.0 Å². The number of hydrogen-bond donors (Lipinski definition) is 3. The van der Waals surface area contributed by atoms with Crippen LogP contribution in [-0.2, 0) is 17.4 Å². The molecule has 1 aromatic heterocycles. The first kappa shape index (κ1) is 22.9. The van der Waals surface area contributed by atoms with Gasteiger partial charge in [-0.2, -0.15) is 13.2 Å². The molecule has 24 heavy (non-hydrogen) atoms. The van der Waals surface area contributed by atoms with Crippen LogP contribution in [0.25, 0.3) is 0 Å². The van der Waals surface area contributed by atoms with Crippen LogP contribution in [0.2, 0.25) is 0 Å². The van der Waals surface area contributed by atoms with Crippen molar-refractivity contribution in [2.75, 3.05) is 26.2 Å². The van der Waals surface area contributed by atoms with Gasteiger partial charge in [0.1, 0.15) is 6.54 Å². The van der Waals surface area contributed by atoms with E-state index in [9.17, 15) is 18.0 Å². The molecular formula is C13H21F3IN5OS. The summed E-state index contributed by atoms with van der Waals surface area (Å²) < 4.78 is 37.4. The number of guanidine groups is 1. The van der Waals surface area contributed by atoms with Gasteiger partial charge in [0.2, 0.25) is 5.91 Å². The SMILES string of the molecule is CCNC(=O)CN=C(NCC)NCCc1nc(C(F)(F)F)cs1.I. The van der Waals surface area contributed by atoms with Crippen LogP contribution in [0.1, 0.15) is 24.5 Å². The number of rotatable bonds is 7. The van der Waals surface area contributed by atoms with E-state index in [2.05, 4.69) is 25.9 Å². The summed E-state index contributed by atoms with van der Waals surface area (Å²) in [7, 11) is 0. The van der Waals surface area contributed by atoms with Gasteiger partial charge in [-0.05, 0) is 13.8 Å². The van der Waals surface area contributed by atoms with Gasteiger partial charge in [-0.15, -0.1) is 35.3 Å². The topological polar surface area (TPSA) is 78.4 Å². The highest BCUT2D eigenvalue weighted by Crippen LogP contribution is 2.29. The maximum absolute atomic E-state index is 12.5. The quantitative estimate of drug-likeness (QED) is 0.318. The summed E-state index contributed by atoms with van der Waals surface area (Å²) in [5, 5.41) is 9.94. The van der Waals surface area contributed by atoms with Gasteiger partial charge in [0.25, 0.3) is 0 Å². The number of carbonyl (C=O) groups excluding carboxylic acids is 1. The average molecular weight is 479 g/mol. The molecule has 3 N–H and O–H groups in total. The molecule has 0 bridgehead atoms. The van der Waals surface area contributed by atoms with Gasteiger partial charge in [0.15, 0.2) is 11.7 Å². The molecule has 1 heterocycles. The van der Waals surface area contributed by atoms with Crippen molar-refractivity contribution < 1.29 is 18.0 Å². The van der Waals surface area contributed by atoms with Crippen molar-refractivity contribution in [2.24, 2.45) is 4.99 Å². The van der Waals surface area contributed by atoms with E-state index < -0.39 is 11.9 Å². The van der Waals surface area contributed by atoms with Crippen LogP contribution in [0.4, 0.5) is 13.2 Å². The van der Waals surface area contributed by atoms with Crippen molar-refractivity contribution in [3.8, 4) is 0 Å². The van der Waals surface area contributed by atoms with Crippen molar-refractivity contribution in [1.29, 1.82) is 0 Å². The Kier molecular flexibility index (Phi) is 10.9. The number of likely N-dealkylation sites (N-methyl/N-ethyl adjacent to an activating group) is 1. The maximum atomic E-state index is 12.5. The molecule has 0 aliphatic heterocycles. The van der Waals surface area contributed by atoms with Gasteiger partial charge < -0.3 is 16.0 Å². The van der Waals surface area contributed by atoms with Crippen molar-refractivity contribution in [3.05, 3.63) is 16.1 Å². The number of aliphatic imine (C=N–C) groups is 1. The van der Waals surface area contributed by atoms with Crippen molar-refractivity contribution in [2.45, 2.75) is 26.4 Å². The summed E-state index contributed by atoms with van der Waals surface area (Å²) >= 11 is 0.971. The third-order valence-corrected chi connectivity index (χ3v) is 3.48. The average Bonchev–Trinajstić information content (AvgIpc) is 2.94. The molecule has 0 aliphatic rings. The highest BCUT2D eigenvalue weighted by molar-refractivity contribution is 14.0. The van der Waals surface area contributed by atoms with E-state index in [1.165, 1.54) is 0 Å². The van der Waals surface area contributed by atoms with Crippen molar-refractivity contribution >= 4 is 47.2 Å². The molecule has 11 heteroatoms. The zero-order valence-corrected chi connectivity index (χ0v) is 16.5. The van der Waals surface area contributed by atoms with Crippen molar-refractivity contribution in [1.82, 2.24) is 20.9 Å². The van der Waals surface area contributed by atoms with Gasteiger partial charge in [-0.1, -0.05) is 0 Å². The number of nitrogens with zero attached hydrogens (tertiary/aromatic N) is 2. The van der Waals surface area contributed by atoms with Crippen molar-refractivity contribution in [3.63, 3.8) is 0 Å². The third-order valence-electron chi connectivity index (χ3n) is 2.57. The minimum atomic E-state index is -4.41. The van der Waals surface area contributed by atoms with E-state index in [1.807, 2.05) is 13.8 Å². The second-order valence-corrected chi connectivity index (χ2v) is 5.39. The lowest BCUT2D eigenvalue weighted by Gasteiger charge is -2.10. The number of hydrogen-bond acceptors (Lipinski definition) is 4. The Morgan fingerprint density at radius 2 is 1.92 bits per heavy atom. The van der Waals surface area contributed by atoms with E-state index in [1.54, 1.807) is 0 Å². The molecule has 0 spiro atoms. The fourth-order valence-electron chi connectivity index (χ4n) is 1.59. The standard InChI is InChI=1S/C13H20F3N5OS.HI/c1-3-17-10(22)7-20-12(18-4-2)19-6-5-11-21-9(8-23-11)13(14,15)16;/h8H,3-7H2,1-2H3,(H,17,22)(H2,18,19,20);1H. The summed E-state index contributed by atoms with van der Waals surface area (Å²) in [6.45, 7) is 5.18. The molecule has 6 nitrogen and oxygen atoms in total. The smallest absolute Gasteiger partial charge is 0.357 e. The molecule has 0 fully saturated rings. The van der Waals surface area contributed by atoms with E-state index >= 15 is 0 Å². The van der Waals surface area contributed by atoms with Gasteiger partial charge in [0, 0.05) is 31.4 Å². The zero-order chi connectivity index (χ0) is 17.3. The summed E-state index contributed by atoms with van der Waals surface area (Å²) in [5.41, 5.74) is -0.866. The van der Waals surface area contributed by atoms with E-state index in [0.717, 1.165) is 16.7 Å². The minimum Gasteiger partial charge on any atom is -0.357 e. The van der Waals surface area contributed by atoms with Crippen LogP contribution >= 0.6 is 35.3 Å². The van der Waals surface area contributed by atoms with E-state index in [-0.39, 0.29) is 36.4 Å². The number of amides is 1. The Hall–Kier alpha value is -1.11. The summed E-state index contributed by atoms with van der Waals surface area (Å²) in [4.78, 5) is 19.0. The van der Waals surface area contributed by atoms with E-state index in [4.69, 9.17) is 0 Å². The van der Waals surface area contributed by atoms with Gasteiger partial charge in [0.05, 0.1) is 5.01 Å². The lowest BCUT2D eigenvalue weighted by Crippen LogP contribution is -2.39. The Morgan fingerprint density at radius 1 is 1.25 bits per heavy atom. The maximum Gasteiger partial charge on any atom is 0.434 e. The molecular weight excluding hydrogens is 458 g/mol. The van der Waals surface area contributed by atoms with E-state index in [0.29, 0.717) is 37.0 Å². The number of aromatic nitrogens is 1. The number of alkyl halides is 3. The Labute approximate surface area is 159 Å². The summed E-state index contributed by atoms with van der Waals surface area (Å²) in [5.74, 6) is 0.241. The zero-order valence-electron chi connectivity index (χ0n) is 13.4. The first-order valence-corrected chi connectivity index (χ1v) is 8.05. The molecule has 0 aromatic carbocycles. The molecule has 0 saturated carbocycles. The van der Waals surface area contributed by atoms with Crippen LogP contribution in [-0.4, -0.2) is 43.0 Å². The normalized spacial score (nSPS) is 11.6. The van der Waals surface area contributed by atoms with Crippen LogP contribution in [0.3, 0.4) is 0 Å². The number of thiazole rings is 1. The monoisotopic (exact) mass is 479 g/mol. The lowest BCUT2D eigenvalue weighted by atomic mass is 10.4. The first-order chi connectivity index (χ1) is 10.9. The molecule has 1 aromatic rings. The molecule has 0 unspecified atom stereocenters. The second-order valence-electron chi connectivity index (χ2n) is 4.45. The Morgan fingerprint density at radius 3 is 2.46 bits per heavy atom. The molecule has 0 atom stereocenters. The largest absolute Gasteiger partial charge is 0.434 e. The summed E-state index contributed by atoms with van der Waals surface area (Å²) in [6.07, 6.45) is -4.07. The first-order valence-electron chi connectivity index (χ1n) is 7.17. The number of nitrogens with one attached hydrogen (secondary N) is 3. The van der Waals surface area contributed by atoms with Crippen LogP contribution in [0.5, 0.6) is 0 Å². The molecule has 1 rings (SSSR count). The number of halogens is 4. The van der Waals surface area contributed by atoms with Gasteiger partial charge in [-0.25, -0.2) is 9.98 Å². The lowest BCUT2D eigenvalue weighted by molar-refractivity contribution is -0.140. The predicted molar refractivity (Wildman–Crippen MR) is 98.9 cm³/mol. The molecule has 138 valence electrons. The Bertz CT molecular complexity index is 536. The molecule has 0 radical (unpaired) electrons. The van der Waals surface area contributed by atoms with Gasteiger partial charge >= 0.3 is 6.18 Å². The van der Waals surface area contributed by atoms with Crippen LogP contribution in [0, 0.1) is 0 Å². The molecule has 0 saturated heterocycles. The highest BCUT2D eigenvalue weighted by Gasteiger charge is 2.33. The second kappa shape index (κ2) is 11.4. The number of carbonyl (C=O) groups is 1. The summed E-state index contributed by atoms with van der Waals surface area (Å²) in [6, 6.07) is 0. The minimum absolute atomic E-state index is 0. The molecule has 1 amide bonds. The fraction of sp³-hybridized carbons (Fsp3) is 0.615. The van der Waals surface area contributed by atoms with Crippen LogP contribution in [0.15, 0.2) is 10.4 Å². The highest BCUT2D eigenvalue weighted by atomic mass is 127. The predicted octanol–water partition coefficient (Wildman–Crippen LogP) is 2.01. The third kappa shape index (κ3) is 8.66. The van der Waals surface area contributed by atoms with Gasteiger partial charge in [-0.3, -0.25) is 4.79 Å². The fourth-order valence-corrected chi connectivity index (χ4v) is 2.39. The Balaban J connectivity index is 0.00000529.